The maximum Gasteiger partial charge on any atom is 0.407 e. The summed E-state index contributed by atoms with van der Waals surface area (Å²) in [7, 11) is 0. The molecule has 0 unspecified atom stereocenters. The van der Waals surface area contributed by atoms with Gasteiger partial charge in [0.2, 0.25) is 5.91 Å². The van der Waals surface area contributed by atoms with E-state index in [9.17, 15) is 9.59 Å². The van der Waals surface area contributed by atoms with Gasteiger partial charge in [0.05, 0.1) is 0 Å². The molecule has 6 heteroatoms. The van der Waals surface area contributed by atoms with Crippen LogP contribution in [0.2, 0.25) is 0 Å². The number of nitrogens with zero attached hydrogens (tertiary/aromatic N) is 2. The first-order chi connectivity index (χ1) is 12.7. The summed E-state index contributed by atoms with van der Waals surface area (Å²) < 4.78 is 5.52. The number of amides is 2. The minimum Gasteiger partial charge on any atom is -0.443 e. The Hall–Kier alpha value is -2.63. The van der Waals surface area contributed by atoms with Crippen LogP contribution in [0.5, 0.6) is 0 Å². The fourth-order valence-electron chi connectivity index (χ4n) is 3.97. The highest BCUT2D eigenvalue weighted by Crippen LogP contribution is 2.32. The second-order valence-electron chi connectivity index (χ2n) is 7.15. The average Bonchev–Trinajstić information content (AvgIpc) is 2.66. The van der Waals surface area contributed by atoms with Crippen LogP contribution in [0.25, 0.3) is 10.8 Å². The van der Waals surface area contributed by atoms with Crippen molar-refractivity contribution in [2.24, 2.45) is 0 Å². The van der Waals surface area contributed by atoms with Crippen LogP contribution in [0.15, 0.2) is 36.7 Å². The molecule has 6 nitrogen and oxygen atoms in total. The van der Waals surface area contributed by atoms with Crippen molar-refractivity contribution in [3.63, 3.8) is 0 Å². The summed E-state index contributed by atoms with van der Waals surface area (Å²) in [6.45, 7) is 1.96. The fourth-order valence-corrected chi connectivity index (χ4v) is 3.97. The van der Waals surface area contributed by atoms with Crippen molar-refractivity contribution >= 4 is 22.8 Å². The van der Waals surface area contributed by atoms with Crippen molar-refractivity contribution in [1.82, 2.24) is 15.2 Å². The summed E-state index contributed by atoms with van der Waals surface area (Å²) in [6, 6.07) is 8.12. The summed E-state index contributed by atoms with van der Waals surface area (Å²) >= 11 is 0. The topological polar surface area (TPSA) is 71.5 Å². The quantitative estimate of drug-likeness (QED) is 0.921. The molecule has 136 valence electrons. The lowest BCUT2D eigenvalue weighted by Crippen LogP contribution is -2.54. The monoisotopic (exact) mass is 353 g/mol. The van der Waals surface area contributed by atoms with E-state index in [1.807, 2.05) is 35.5 Å². The van der Waals surface area contributed by atoms with E-state index in [0.717, 1.165) is 35.6 Å². The van der Waals surface area contributed by atoms with Gasteiger partial charge in [-0.2, -0.15) is 0 Å². The molecule has 2 amide bonds. The maximum absolute atomic E-state index is 12.6. The van der Waals surface area contributed by atoms with Gasteiger partial charge >= 0.3 is 6.09 Å². The number of alkyl carbamates (subject to hydrolysis) is 1. The van der Waals surface area contributed by atoms with E-state index in [1.54, 1.807) is 0 Å². The highest BCUT2D eigenvalue weighted by Gasteiger charge is 2.41. The highest BCUT2D eigenvalue weighted by molar-refractivity contribution is 5.85. The van der Waals surface area contributed by atoms with Gasteiger partial charge < -0.3 is 15.0 Å². The van der Waals surface area contributed by atoms with Gasteiger partial charge in [-0.1, -0.05) is 24.3 Å². The molecule has 0 radical (unpaired) electrons. The van der Waals surface area contributed by atoms with Gasteiger partial charge in [0.1, 0.15) is 5.60 Å². The van der Waals surface area contributed by atoms with Crippen LogP contribution in [0.4, 0.5) is 4.79 Å². The molecular formula is C20H23N3O3. The molecule has 2 aromatic rings. The Labute approximate surface area is 152 Å². The molecule has 2 saturated heterocycles. The van der Waals surface area contributed by atoms with Crippen LogP contribution < -0.4 is 5.32 Å². The lowest BCUT2D eigenvalue weighted by molar-refractivity contribution is -0.136. The summed E-state index contributed by atoms with van der Waals surface area (Å²) in [5.41, 5.74) is 0.732. The van der Waals surface area contributed by atoms with Crippen molar-refractivity contribution in [2.75, 3.05) is 19.6 Å². The van der Waals surface area contributed by atoms with E-state index in [0.29, 0.717) is 32.5 Å². The van der Waals surface area contributed by atoms with Gasteiger partial charge in [-0.05, 0) is 17.4 Å². The molecule has 2 aliphatic heterocycles. The number of likely N-dealkylation sites (tertiary alicyclic amines) is 1. The Bertz CT molecular complexity index is 823. The van der Waals surface area contributed by atoms with Crippen molar-refractivity contribution < 1.29 is 14.3 Å². The standard InChI is InChI=1S/C20H23N3O3/c24-18(6-5-16-14-21-13-15-3-1-2-4-17(15)16)23-11-8-20(9-12-23)7-10-22-19(25)26-20/h1-4,13-14H,5-12H2,(H,22,25). The molecule has 1 N–H and O–H groups in total. The fraction of sp³-hybridized carbons (Fsp3) is 0.450. The van der Waals surface area contributed by atoms with E-state index in [2.05, 4.69) is 16.4 Å². The molecule has 26 heavy (non-hydrogen) atoms. The number of fused-ring (bicyclic) bond motifs is 1. The van der Waals surface area contributed by atoms with Gasteiger partial charge in [0, 0.05) is 63.1 Å². The van der Waals surface area contributed by atoms with Crippen molar-refractivity contribution in [2.45, 2.75) is 37.7 Å². The first-order valence-corrected chi connectivity index (χ1v) is 9.21. The summed E-state index contributed by atoms with van der Waals surface area (Å²) in [6.07, 6.45) is 6.81. The molecule has 0 atom stereocenters. The normalized spacial score (nSPS) is 19.2. The number of piperidine rings is 1. The number of benzene rings is 1. The second-order valence-corrected chi connectivity index (χ2v) is 7.15. The largest absolute Gasteiger partial charge is 0.443 e. The maximum atomic E-state index is 12.6. The average molecular weight is 353 g/mol. The van der Waals surface area contributed by atoms with Crippen LogP contribution in [0, 0.1) is 0 Å². The zero-order valence-corrected chi connectivity index (χ0v) is 14.7. The van der Waals surface area contributed by atoms with Crippen LogP contribution in [0.3, 0.4) is 0 Å². The van der Waals surface area contributed by atoms with E-state index < -0.39 is 0 Å². The van der Waals surface area contributed by atoms with Gasteiger partial charge in [-0.3, -0.25) is 9.78 Å². The van der Waals surface area contributed by atoms with E-state index >= 15 is 0 Å². The number of carbonyl (C=O) groups excluding carboxylic acids is 2. The predicted octanol–water partition coefficient (Wildman–Crippen LogP) is 2.66. The minimum atomic E-state index is -0.376. The third kappa shape index (κ3) is 3.36. The molecule has 0 aliphatic carbocycles. The predicted molar refractivity (Wildman–Crippen MR) is 97.7 cm³/mol. The number of pyridine rings is 1. The lowest BCUT2D eigenvalue weighted by Gasteiger charge is -2.43. The summed E-state index contributed by atoms with van der Waals surface area (Å²) in [5.74, 6) is 0.160. The Balaban J connectivity index is 1.35. The van der Waals surface area contributed by atoms with Gasteiger partial charge in [0.25, 0.3) is 0 Å². The molecule has 1 aromatic heterocycles. The molecule has 3 heterocycles. The van der Waals surface area contributed by atoms with E-state index in [-0.39, 0.29) is 17.6 Å². The molecule has 4 rings (SSSR count). The number of aryl methyl sites for hydroxylation is 1. The molecule has 0 bridgehead atoms. The number of rotatable bonds is 3. The minimum absolute atomic E-state index is 0.160. The lowest BCUT2D eigenvalue weighted by atomic mass is 9.87. The second kappa shape index (κ2) is 6.94. The van der Waals surface area contributed by atoms with Crippen LogP contribution in [0.1, 0.15) is 31.2 Å². The molecule has 1 aromatic carbocycles. The Morgan fingerprint density at radius 3 is 2.81 bits per heavy atom. The summed E-state index contributed by atoms with van der Waals surface area (Å²) in [5, 5.41) is 4.96. The summed E-state index contributed by atoms with van der Waals surface area (Å²) in [4.78, 5) is 30.3. The first-order valence-electron chi connectivity index (χ1n) is 9.21. The van der Waals surface area contributed by atoms with Crippen LogP contribution in [-0.2, 0) is 16.0 Å². The number of nitrogens with one attached hydrogen (secondary N) is 1. The van der Waals surface area contributed by atoms with Gasteiger partial charge in [-0.25, -0.2) is 4.79 Å². The number of aromatic nitrogens is 1. The number of hydrogen-bond donors (Lipinski definition) is 1. The first kappa shape index (κ1) is 16.8. The number of hydrogen-bond acceptors (Lipinski definition) is 4. The zero-order valence-electron chi connectivity index (χ0n) is 14.7. The van der Waals surface area contributed by atoms with E-state index in [4.69, 9.17) is 4.74 Å². The third-order valence-electron chi connectivity index (χ3n) is 5.55. The smallest absolute Gasteiger partial charge is 0.407 e. The van der Waals surface area contributed by atoms with E-state index in [1.165, 1.54) is 0 Å². The third-order valence-corrected chi connectivity index (χ3v) is 5.55. The zero-order chi connectivity index (χ0) is 18.0. The van der Waals surface area contributed by atoms with Crippen molar-refractivity contribution in [3.8, 4) is 0 Å². The van der Waals surface area contributed by atoms with Gasteiger partial charge in [-0.15, -0.1) is 0 Å². The molecule has 2 aliphatic rings. The highest BCUT2D eigenvalue weighted by atomic mass is 16.6. The van der Waals surface area contributed by atoms with Crippen LogP contribution in [-0.4, -0.2) is 47.1 Å². The number of ether oxygens (including phenoxy) is 1. The van der Waals surface area contributed by atoms with Gasteiger partial charge in [0.15, 0.2) is 0 Å². The van der Waals surface area contributed by atoms with Crippen LogP contribution >= 0.6 is 0 Å². The van der Waals surface area contributed by atoms with Crippen molar-refractivity contribution in [1.29, 1.82) is 0 Å². The molecule has 0 saturated carbocycles. The Kier molecular flexibility index (Phi) is 4.49. The number of carbonyl (C=O) groups is 2. The molecule has 2 fully saturated rings. The van der Waals surface area contributed by atoms with Crippen molar-refractivity contribution in [3.05, 3.63) is 42.2 Å². The molecular weight excluding hydrogens is 330 g/mol. The Morgan fingerprint density at radius 2 is 2.00 bits per heavy atom. The molecule has 1 spiro atoms. The SMILES string of the molecule is O=C1NCCC2(CCN(C(=O)CCc3cncc4ccccc34)CC2)O1. The Morgan fingerprint density at radius 1 is 1.19 bits per heavy atom.